The molecular weight excluding hydrogens is 262 g/mol. The summed E-state index contributed by atoms with van der Waals surface area (Å²) < 4.78 is 7.58. The van der Waals surface area contributed by atoms with E-state index in [-0.39, 0.29) is 0 Å². The molecule has 0 aromatic carbocycles. The quantitative estimate of drug-likeness (QED) is 0.701. The summed E-state index contributed by atoms with van der Waals surface area (Å²) in [6.07, 6.45) is 11.9. The van der Waals surface area contributed by atoms with E-state index in [1.807, 2.05) is 13.1 Å². The molecule has 0 saturated heterocycles. The second-order valence-electron chi connectivity index (χ2n) is 6.35. The Labute approximate surface area is 129 Å². The summed E-state index contributed by atoms with van der Waals surface area (Å²) in [5.74, 6) is 2.84. The van der Waals surface area contributed by atoms with Crippen LogP contribution in [0.4, 0.5) is 5.95 Å². The molecule has 0 amide bonds. The van der Waals surface area contributed by atoms with Crippen molar-refractivity contribution in [3.8, 4) is 0 Å². The van der Waals surface area contributed by atoms with Gasteiger partial charge in [0.05, 0.1) is 0 Å². The molecule has 0 spiro atoms. The summed E-state index contributed by atoms with van der Waals surface area (Å²) in [7, 11) is 0. The van der Waals surface area contributed by atoms with Crippen LogP contribution in [0.15, 0.2) is 12.4 Å². The fourth-order valence-electron chi connectivity index (χ4n) is 3.35. The maximum Gasteiger partial charge on any atom is 0.202 e. The van der Waals surface area contributed by atoms with Crippen LogP contribution in [0.3, 0.4) is 0 Å². The molecule has 4 heteroatoms. The van der Waals surface area contributed by atoms with Crippen LogP contribution >= 0.6 is 0 Å². The molecule has 2 atom stereocenters. The van der Waals surface area contributed by atoms with Crippen LogP contribution in [-0.4, -0.2) is 29.3 Å². The first-order valence-electron chi connectivity index (χ1n) is 8.62. The largest absolute Gasteiger partial charge is 0.382 e. The van der Waals surface area contributed by atoms with E-state index in [0.29, 0.717) is 0 Å². The molecule has 0 aliphatic heterocycles. The Morgan fingerprint density at radius 3 is 3.14 bits per heavy atom. The van der Waals surface area contributed by atoms with Crippen LogP contribution in [0.25, 0.3) is 0 Å². The Balaban J connectivity index is 1.67. The molecule has 1 aromatic rings. The van der Waals surface area contributed by atoms with Crippen LogP contribution < -0.4 is 5.32 Å². The molecule has 1 aliphatic rings. The zero-order valence-corrected chi connectivity index (χ0v) is 13.7. The number of ether oxygens (including phenoxy) is 1. The van der Waals surface area contributed by atoms with Crippen molar-refractivity contribution in [2.75, 3.05) is 25.1 Å². The predicted molar refractivity (Wildman–Crippen MR) is 87.6 cm³/mol. The van der Waals surface area contributed by atoms with Crippen molar-refractivity contribution in [3.63, 3.8) is 0 Å². The molecule has 2 unspecified atom stereocenters. The molecule has 1 fully saturated rings. The predicted octanol–water partition coefficient (Wildman–Crippen LogP) is 3.94. The minimum absolute atomic E-state index is 0.800. The lowest BCUT2D eigenvalue weighted by atomic mass is 9.81. The van der Waals surface area contributed by atoms with Crippen LogP contribution in [0, 0.1) is 11.8 Å². The minimum atomic E-state index is 0.800. The van der Waals surface area contributed by atoms with Gasteiger partial charge in [0.2, 0.25) is 5.95 Å². The van der Waals surface area contributed by atoms with Crippen LogP contribution in [0.5, 0.6) is 0 Å². The van der Waals surface area contributed by atoms with Crippen molar-refractivity contribution in [2.45, 2.75) is 58.9 Å². The smallest absolute Gasteiger partial charge is 0.202 e. The highest BCUT2D eigenvalue weighted by Crippen LogP contribution is 2.30. The summed E-state index contributed by atoms with van der Waals surface area (Å²) in [5, 5.41) is 3.51. The van der Waals surface area contributed by atoms with Crippen molar-refractivity contribution in [1.29, 1.82) is 0 Å². The van der Waals surface area contributed by atoms with Gasteiger partial charge in [-0.25, -0.2) is 4.98 Å². The average Bonchev–Trinajstić information content (AvgIpc) is 2.91. The third-order valence-corrected chi connectivity index (χ3v) is 4.49. The number of aromatic nitrogens is 2. The molecule has 0 radical (unpaired) electrons. The number of rotatable bonds is 9. The Kier molecular flexibility index (Phi) is 7.07. The molecular formula is C17H31N3O. The zero-order chi connectivity index (χ0) is 14.9. The van der Waals surface area contributed by atoms with Gasteiger partial charge in [-0.3, -0.25) is 0 Å². The van der Waals surface area contributed by atoms with Crippen molar-refractivity contribution in [1.82, 2.24) is 9.55 Å². The Morgan fingerprint density at radius 1 is 1.43 bits per heavy atom. The Hall–Kier alpha value is -1.03. The summed E-state index contributed by atoms with van der Waals surface area (Å²) in [6.45, 7) is 8.08. The molecule has 1 saturated carbocycles. The third kappa shape index (κ3) is 5.70. The van der Waals surface area contributed by atoms with Gasteiger partial charge < -0.3 is 14.6 Å². The normalized spacial score (nSPS) is 22.4. The summed E-state index contributed by atoms with van der Waals surface area (Å²) in [4.78, 5) is 4.42. The Morgan fingerprint density at radius 2 is 2.33 bits per heavy atom. The van der Waals surface area contributed by atoms with Crippen LogP contribution in [0.1, 0.15) is 52.4 Å². The molecule has 4 nitrogen and oxygen atoms in total. The number of nitrogens with zero attached hydrogens (tertiary/aromatic N) is 2. The standard InChI is InChI=1S/C17H31N3O/c1-3-21-13-5-11-20-12-10-19-17(20)18-9-8-16-7-4-6-15(2)14-16/h10,12,15-16H,3-9,11,13-14H2,1-2H3,(H,18,19). The van der Waals surface area contributed by atoms with Crippen LogP contribution in [-0.2, 0) is 11.3 Å². The number of nitrogens with one attached hydrogen (secondary N) is 1. The van der Waals surface area contributed by atoms with E-state index in [2.05, 4.69) is 28.0 Å². The minimum Gasteiger partial charge on any atom is -0.382 e. The van der Waals surface area contributed by atoms with Crippen molar-refractivity contribution < 1.29 is 4.74 Å². The van der Waals surface area contributed by atoms with Gasteiger partial charge in [0.25, 0.3) is 0 Å². The molecule has 21 heavy (non-hydrogen) atoms. The number of aryl methyl sites for hydroxylation is 1. The maximum absolute atomic E-state index is 5.39. The molecule has 2 rings (SSSR count). The number of anilines is 1. The third-order valence-electron chi connectivity index (χ3n) is 4.49. The highest BCUT2D eigenvalue weighted by atomic mass is 16.5. The first kappa shape index (κ1) is 16.3. The Bertz CT molecular complexity index is 391. The van der Waals surface area contributed by atoms with Gasteiger partial charge in [0, 0.05) is 38.7 Å². The van der Waals surface area contributed by atoms with Gasteiger partial charge in [-0.15, -0.1) is 0 Å². The molecule has 1 N–H and O–H groups in total. The topological polar surface area (TPSA) is 39.1 Å². The molecule has 0 bridgehead atoms. The van der Waals surface area contributed by atoms with Crippen molar-refractivity contribution in [3.05, 3.63) is 12.4 Å². The molecule has 1 aromatic heterocycles. The van der Waals surface area contributed by atoms with Crippen LogP contribution in [0.2, 0.25) is 0 Å². The van der Waals surface area contributed by atoms with E-state index in [4.69, 9.17) is 4.74 Å². The first-order valence-corrected chi connectivity index (χ1v) is 8.62. The molecule has 1 heterocycles. The summed E-state index contributed by atoms with van der Waals surface area (Å²) >= 11 is 0. The molecule has 1 aliphatic carbocycles. The second-order valence-corrected chi connectivity index (χ2v) is 6.35. The summed E-state index contributed by atoms with van der Waals surface area (Å²) in [5.41, 5.74) is 0. The van der Waals surface area contributed by atoms with Gasteiger partial charge in [0.15, 0.2) is 0 Å². The first-order chi connectivity index (χ1) is 10.3. The van der Waals surface area contributed by atoms with Crippen molar-refractivity contribution >= 4 is 5.95 Å². The van der Waals surface area contributed by atoms with Gasteiger partial charge in [-0.2, -0.15) is 0 Å². The lowest BCUT2D eigenvalue weighted by Gasteiger charge is -2.26. The number of hydrogen-bond donors (Lipinski definition) is 1. The van der Waals surface area contributed by atoms with E-state index in [1.54, 1.807) is 0 Å². The SMILES string of the molecule is CCOCCCn1ccnc1NCCC1CCCC(C)C1. The zero-order valence-electron chi connectivity index (χ0n) is 13.7. The van der Waals surface area contributed by atoms with Gasteiger partial charge in [0.1, 0.15) is 0 Å². The maximum atomic E-state index is 5.39. The van der Waals surface area contributed by atoms with Gasteiger partial charge >= 0.3 is 0 Å². The van der Waals surface area contributed by atoms with Crippen molar-refractivity contribution in [2.24, 2.45) is 11.8 Å². The van der Waals surface area contributed by atoms with E-state index in [0.717, 1.165) is 50.5 Å². The lowest BCUT2D eigenvalue weighted by Crippen LogP contribution is -2.17. The number of imidazole rings is 1. The average molecular weight is 293 g/mol. The highest BCUT2D eigenvalue weighted by Gasteiger charge is 2.18. The fraction of sp³-hybridized carbons (Fsp3) is 0.824. The van der Waals surface area contributed by atoms with Gasteiger partial charge in [-0.1, -0.05) is 26.2 Å². The molecule has 120 valence electrons. The monoisotopic (exact) mass is 293 g/mol. The van der Waals surface area contributed by atoms with E-state index >= 15 is 0 Å². The summed E-state index contributed by atoms with van der Waals surface area (Å²) in [6, 6.07) is 0. The van der Waals surface area contributed by atoms with Gasteiger partial charge in [-0.05, 0) is 38.0 Å². The van der Waals surface area contributed by atoms with E-state index in [1.165, 1.54) is 32.1 Å². The lowest BCUT2D eigenvalue weighted by molar-refractivity contribution is 0.142. The van der Waals surface area contributed by atoms with E-state index in [9.17, 15) is 0 Å². The second kappa shape index (κ2) is 9.08. The van der Waals surface area contributed by atoms with E-state index < -0.39 is 0 Å². The fourth-order valence-corrected chi connectivity index (χ4v) is 3.35. The number of hydrogen-bond acceptors (Lipinski definition) is 3. The highest BCUT2D eigenvalue weighted by molar-refractivity contribution is 5.25.